The predicted molar refractivity (Wildman–Crippen MR) is 150 cm³/mol. The molecule has 186 valence electrons. The van der Waals surface area contributed by atoms with Crippen LogP contribution in [0.1, 0.15) is 41.5 Å². The molecule has 0 aliphatic rings. The summed E-state index contributed by atoms with van der Waals surface area (Å²) >= 11 is 6.86. The van der Waals surface area contributed by atoms with Crippen molar-refractivity contribution in [2.75, 3.05) is 0 Å². The van der Waals surface area contributed by atoms with Gasteiger partial charge in [-0.2, -0.15) is 0 Å². The summed E-state index contributed by atoms with van der Waals surface area (Å²) in [7, 11) is 0. The molecule has 0 amide bonds. The topological polar surface area (TPSA) is 80.9 Å². The van der Waals surface area contributed by atoms with Crippen LogP contribution < -0.4 is 0 Å². The van der Waals surface area contributed by atoms with Crippen molar-refractivity contribution in [1.82, 2.24) is 0 Å². The van der Waals surface area contributed by atoms with Crippen LogP contribution in [0.4, 0.5) is 0 Å². The van der Waals surface area contributed by atoms with Gasteiger partial charge in [-0.05, 0) is 107 Å². The van der Waals surface area contributed by atoms with E-state index in [9.17, 15) is 10.2 Å². The quantitative estimate of drug-likeness (QED) is 0.159. The van der Waals surface area contributed by atoms with Gasteiger partial charge in [0.25, 0.3) is 0 Å². The number of phenolic OH excluding ortho intramolecular Hbond substituents is 2. The summed E-state index contributed by atoms with van der Waals surface area (Å²) in [5, 5.41) is 42.3. The Bertz CT molecular complexity index is 1180. The van der Waals surface area contributed by atoms with Crippen molar-refractivity contribution in [2.24, 2.45) is 0 Å². The fourth-order valence-corrected chi connectivity index (χ4v) is 4.00. The average Bonchev–Trinajstić information content (AvgIpc) is 2.69. The summed E-state index contributed by atoms with van der Waals surface area (Å²) in [5.74, 6) is 0.236. The third-order valence-electron chi connectivity index (χ3n) is 4.20. The van der Waals surface area contributed by atoms with Crippen molar-refractivity contribution in [3.05, 3.63) is 69.6 Å². The summed E-state index contributed by atoms with van der Waals surface area (Å²) in [6.45, 7) is 10.5. The van der Waals surface area contributed by atoms with Crippen LogP contribution in [0.15, 0.2) is 69.6 Å². The van der Waals surface area contributed by atoms with Crippen LogP contribution >= 0.6 is 31.9 Å². The second-order valence-electron chi connectivity index (χ2n) is 9.95. The molecule has 0 spiro atoms. The fourth-order valence-electron chi connectivity index (χ4n) is 3.11. The number of aromatic hydroxyl groups is 2. The van der Waals surface area contributed by atoms with E-state index in [1.165, 1.54) is 0 Å². The summed E-state index contributed by atoms with van der Waals surface area (Å²) in [4.78, 5) is 0. The Kier molecular flexibility index (Phi) is 11.5. The minimum Gasteiger partial charge on any atom is -0.506 e. The first-order valence-corrected chi connectivity index (χ1v) is 12.4. The Labute approximate surface area is 239 Å². The summed E-state index contributed by atoms with van der Waals surface area (Å²) < 4.78 is 1.19. The molecule has 0 saturated heterocycles. The van der Waals surface area contributed by atoms with Crippen molar-refractivity contribution in [3.8, 4) is 22.6 Å². The normalized spacial score (nSPS) is 11.1. The smallest absolute Gasteiger partial charge is 0.138 e. The van der Waals surface area contributed by atoms with Gasteiger partial charge >= 0.3 is 0 Å². The van der Waals surface area contributed by atoms with Crippen LogP contribution in [0.2, 0.25) is 0 Å². The van der Waals surface area contributed by atoms with E-state index in [2.05, 4.69) is 31.9 Å². The third-order valence-corrected chi connectivity index (χ3v) is 5.41. The molecular formula is C28H32Br2O4Ti. The molecule has 4 aromatic carbocycles. The molecule has 4 N–H and O–H groups in total. The van der Waals surface area contributed by atoms with Crippen molar-refractivity contribution in [2.45, 2.75) is 52.7 Å². The molecule has 0 aliphatic carbocycles. The first-order chi connectivity index (χ1) is 15.6. The van der Waals surface area contributed by atoms with Crippen LogP contribution in [-0.2, 0) is 21.7 Å². The van der Waals surface area contributed by atoms with Crippen molar-refractivity contribution < 1.29 is 42.1 Å². The van der Waals surface area contributed by atoms with E-state index >= 15 is 0 Å². The van der Waals surface area contributed by atoms with Crippen molar-refractivity contribution in [1.29, 1.82) is 0 Å². The zero-order chi connectivity index (χ0) is 25.8. The molecule has 0 fully saturated rings. The van der Waals surface area contributed by atoms with Crippen LogP contribution in [-0.4, -0.2) is 31.6 Å². The molecular weight excluding hydrogens is 608 g/mol. The van der Waals surface area contributed by atoms with Gasteiger partial charge in [0.05, 0.1) is 20.1 Å². The van der Waals surface area contributed by atoms with Crippen LogP contribution in [0.5, 0.6) is 11.5 Å². The predicted octanol–water partition coefficient (Wildman–Crippen LogP) is 8.15. The minimum absolute atomic E-state index is 0. The number of benzene rings is 4. The monoisotopic (exact) mass is 638 g/mol. The molecule has 0 aliphatic heterocycles. The number of aliphatic hydroxyl groups is 2. The van der Waals surface area contributed by atoms with E-state index in [1.54, 1.807) is 41.5 Å². The van der Waals surface area contributed by atoms with Crippen LogP contribution in [0.3, 0.4) is 0 Å². The zero-order valence-corrected chi connectivity index (χ0v) is 25.6. The van der Waals surface area contributed by atoms with Crippen molar-refractivity contribution >= 4 is 53.4 Å². The van der Waals surface area contributed by atoms with E-state index in [1.807, 2.05) is 60.7 Å². The molecule has 0 bridgehead atoms. The molecule has 0 heterocycles. The van der Waals surface area contributed by atoms with Gasteiger partial charge in [0.1, 0.15) is 11.5 Å². The zero-order valence-electron chi connectivity index (χ0n) is 20.8. The van der Waals surface area contributed by atoms with Gasteiger partial charge in [0, 0.05) is 32.8 Å². The Hall–Kier alpha value is -1.41. The molecule has 4 aromatic rings. The summed E-state index contributed by atoms with van der Waals surface area (Å²) in [5.41, 5.74) is 0.241. The summed E-state index contributed by atoms with van der Waals surface area (Å²) in [6.07, 6.45) is 0. The molecule has 35 heavy (non-hydrogen) atoms. The number of hydrogen-bond acceptors (Lipinski definition) is 4. The van der Waals surface area contributed by atoms with Gasteiger partial charge in [-0.25, -0.2) is 0 Å². The first-order valence-electron chi connectivity index (χ1n) is 10.8. The van der Waals surface area contributed by atoms with Gasteiger partial charge in [-0.1, -0.05) is 48.5 Å². The average molecular weight is 640 g/mol. The Morgan fingerprint density at radius 3 is 1.11 bits per heavy atom. The van der Waals surface area contributed by atoms with E-state index in [0.29, 0.717) is 20.1 Å². The van der Waals surface area contributed by atoms with Gasteiger partial charge in [0.2, 0.25) is 0 Å². The maximum atomic E-state index is 10.8. The van der Waals surface area contributed by atoms with Gasteiger partial charge in [-0.15, -0.1) is 0 Å². The third kappa shape index (κ3) is 9.53. The minimum atomic E-state index is -0.500. The SMILES string of the molecule is CC(C)(C)O.CC(C)(C)O.Oc1c(Br)cc2ccccc2c1-c1c(O)c(Br)cc2ccccc12.[Ti]. The van der Waals surface area contributed by atoms with Crippen molar-refractivity contribution in [3.63, 3.8) is 0 Å². The van der Waals surface area contributed by atoms with E-state index in [-0.39, 0.29) is 33.2 Å². The Morgan fingerprint density at radius 2 is 0.829 bits per heavy atom. The summed E-state index contributed by atoms with van der Waals surface area (Å²) in [6, 6.07) is 19.4. The molecule has 7 heteroatoms. The molecule has 4 nitrogen and oxygen atoms in total. The fraction of sp³-hybridized carbons (Fsp3) is 0.286. The number of hydrogen-bond donors (Lipinski definition) is 4. The maximum absolute atomic E-state index is 10.8. The number of fused-ring (bicyclic) bond motifs is 2. The Morgan fingerprint density at radius 1 is 0.571 bits per heavy atom. The van der Waals surface area contributed by atoms with Crippen LogP contribution in [0.25, 0.3) is 32.7 Å². The van der Waals surface area contributed by atoms with E-state index in [0.717, 1.165) is 21.5 Å². The molecule has 0 radical (unpaired) electrons. The molecule has 0 unspecified atom stereocenters. The molecule has 0 atom stereocenters. The largest absolute Gasteiger partial charge is 0.506 e. The first kappa shape index (κ1) is 31.6. The standard InChI is InChI=1S/C20H12Br2O2.2C4H10O.Ti/c21-15-9-11-5-1-3-7-13(11)17(19(15)23)18-14-8-4-2-6-12(14)10-16(22)20(18)24;2*1-4(2,3)5;/h1-10,23-24H;2*5H,1-3H3;. The number of halogens is 2. The maximum Gasteiger partial charge on any atom is 0.138 e. The van der Waals surface area contributed by atoms with Gasteiger partial charge in [0.15, 0.2) is 0 Å². The molecule has 0 aromatic heterocycles. The second kappa shape index (κ2) is 12.7. The number of phenols is 2. The van der Waals surface area contributed by atoms with E-state index in [4.69, 9.17) is 10.2 Å². The number of rotatable bonds is 1. The van der Waals surface area contributed by atoms with E-state index < -0.39 is 11.2 Å². The van der Waals surface area contributed by atoms with Crippen LogP contribution in [0, 0.1) is 0 Å². The Balaban J connectivity index is 0.000000476. The molecule has 4 rings (SSSR count). The molecule has 0 saturated carbocycles. The second-order valence-corrected chi connectivity index (χ2v) is 11.7. The van der Waals surface area contributed by atoms with Gasteiger partial charge in [-0.3, -0.25) is 0 Å². The van der Waals surface area contributed by atoms with Gasteiger partial charge < -0.3 is 20.4 Å².